The lowest BCUT2D eigenvalue weighted by Crippen LogP contribution is -2.19. The number of carbonyl (C=O) groups excluding carboxylic acids is 1. The average molecular weight is 375 g/mol. The topological polar surface area (TPSA) is 73.3 Å². The summed E-state index contributed by atoms with van der Waals surface area (Å²) in [4.78, 5) is 21.4. The summed E-state index contributed by atoms with van der Waals surface area (Å²) in [6, 6.07) is 16.9. The summed E-state index contributed by atoms with van der Waals surface area (Å²) in [5, 5.41) is 2.83. The molecule has 1 saturated heterocycles. The Balaban J connectivity index is 1.43. The van der Waals surface area contributed by atoms with Crippen LogP contribution in [0.5, 0.6) is 5.75 Å². The lowest BCUT2D eigenvalue weighted by Gasteiger charge is -2.14. The van der Waals surface area contributed by atoms with Crippen molar-refractivity contribution < 1.29 is 14.3 Å². The predicted octanol–water partition coefficient (Wildman–Crippen LogP) is 3.95. The molecule has 0 saturated carbocycles. The first-order chi connectivity index (χ1) is 13.8. The molecule has 1 N–H and O–H groups in total. The number of hydrogen-bond acceptors (Lipinski definition) is 5. The van der Waals surface area contributed by atoms with Crippen LogP contribution in [0.4, 0.5) is 5.69 Å². The second-order valence-corrected chi connectivity index (χ2v) is 6.56. The number of ether oxygens (including phenoxy) is 2. The van der Waals surface area contributed by atoms with Crippen LogP contribution in [0, 0.1) is 0 Å². The summed E-state index contributed by atoms with van der Waals surface area (Å²) in [7, 11) is 0. The summed E-state index contributed by atoms with van der Waals surface area (Å²) in [6.45, 7) is 1.22. The molecule has 142 valence electrons. The Kier molecular flexibility index (Phi) is 5.58. The second kappa shape index (κ2) is 8.63. The van der Waals surface area contributed by atoms with Crippen molar-refractivity contribution in [1.29, 1.82) is 0 Å². The summed E-state index contributed by atoms with van der Waals surface area (Å²) in [5.41, 5.74) is 1.92. The summed E-state index contributed by atoms with van der Waals surface area (Å²) in [5.74, 6) is 0.884. The molecule has 3 aromatic rings. The summed E-state index contributed by atoms with van der Waals surface area (Å²) >= 11 is 0. The van der Waals surface area contributed by atoms with E-state index in [4.69, 9.17) is 9.47 Å². The third-order valence-corrected chi connectivity index (χ3v) is 4.52. The predicted molar refractivity (Wildman–Crippen MR) is 106 cm³/mol. The Morgan fingerprint density at radius 2 is 1.82 bits per heavy atom. The number of anilines is 1. The molecule has 4 rings (SSSR count). The highest BCUT2D eigenvalue weighted by atomic mass is 16.5. The van der Waals surface area contributed by atoms with E-state index in [2.05, 4.69) is 15.3 Å². The molecule has 0 aliphatic carbocycles. The number of rotatable bonds is 6. The standard InChI is InChI=1S/C22H21N3O3/c26-22(19-10-4-5-11-20(19)28-15-18-9-6-12-27-18)25-17-13-23-21(24-14-17)16-7-2-1-3-8-16/h1-5,7-8,10-11,13-14,18H,6,9,12,15H2,(H,25,26)/t18-/m0/s1. The van der Waals surface area contributed by atoms with Crippen molar-refractivity contribution in [3.63, 3.8) is 0 Å². The molecule has 2 aromatic carbocycles. The maximum atomic E-state index is 12.7. The molecule has 1 atom stereocenters. The van der Waals surface area contributed by atoms with Crippen molar-refractivity contribution in [3.05, 3.63) is 72.6 Å². The van der Waals surface area contributed by atoms with Crippen LogP contribution in [0.1, 0.15) is 23.2 Å². The van der Waals surface area contributed by atoms with Crippen molar-refractivity contribution in [2.24, 2.45) is 0 Å². The van der Waals surface area contributed by atoms with E-state index >= 15 is 0 Å². The fourth-order valence-corrected chi connectivity index (χ4v) is 3.07. The monoisotopic (exact) mass is 375 g/mol. The number of benzene rings is 2. The largest absolute Gasteiger partial charge is 0.490 e. The van der Waals surface area contributed by atoms with Gasteiger partial charge in [0.05, 0.1) is 29.7 Å². The van der Waals surface area contributed by atoms with E-state index in [9.17, 15) is 4.79 Å². The van der Waals surface area contributed by atoms with Crippen molar-refractivity contribution >= 4 is 11.6 Å². The molecule has 28 heavy (non-hydrogen) atoms. The van der Waals surface area contributed by atoms with Gasteiger partial charge in [-0.3, -0.25) is 4.79 Å². The van der Waals surface area contributed by atoms with E-state index < -0.39 is 0 Å². The number of nitrogens with one attached hydrogen (secondary N) is 1. The highest BCUT2D eigenvalue weighted by Gasteiger charge is 2.18. The minimum absolute atomic E-state index is 0.0926. The van der Waals surface area contributed by atoms with E-state index in [-0.39, 0.29) is 12.0 Å². The lowest BCUT2D eigenvalue weighted by molar-refractivity contribution is 0.0673. The van der Waals surface area contributed by atoms with Crippen LogP contribution in [0.25, 0.3) is 11.4 Å². The van der Waals surface area contributed by atoms with Gasteiger partial charge >= 0.3 is 0 Å². The molecule has 6 nitrogen and oxygen atoms in total. The smallest absolute Gasteiger partial charge is 0.259 e. The zero-order valence-electron chi connectivity index (χ0n) is 15.4. The van der Waals surface area contributed by atoms with E-state index in [0.717, 1.165) is 25.0 Å². The molecule has 0 unspecified atom stereocenters. The van der Waals surface area contributed by atoms with Gasteiger partial charge < -0.3 is 14.8 Å². The minimum Gasteiger partial charge on any atom is -0.490 e. The number of amides is 1. The second-order valence-electron chi connectivity index (χ2n) is 6.56. The molecule has 6 heteroatoms. The maximum absolute atomic E-state index is 12.7. The van der Waals surface area contributed by atoms with Crippen LogP contribution in [-0.4, -0.2) is 35.2 Å². The SMILES string of the molecule is O=C(Nc1cnc(-c2ccccc2)nc1)c1ccccc1OC[C@@H]1CCCO1. The van der Waals surface area contributed by atoms with Gasteiger partial charge in [-0.05, 0) is 25.0 Å². The number of carbonyl (C=O) groups is 1. The minimum atomic E-state index is -0.265. The first-order valence-corrected chi connectivity index (χ1v) is 9.32. The van der Waals surface area contributed by atoms with Crippen molar-refractivity contribution in [1.82, 2.24) is 9.97 Å². The van der Waals surface area contributed by atoms with Crippen molar-refractivity contribution in [3.8, 4) is 17.1 Å². The molecular weight excluding hydrogens is 354 g/mol. The van der Waals surface area contributed by atoms with Crippen LogP contribution < -0.4 is 10.1 Å². The Bertz CT molecular complexity index is 923. The number of nitrogens with zero attached hydrogens (tertiary/aromatic N) is 2. The zero-order chi connectivity index (χ0) is 19.2. The molecule has 1 aliphatic rings. The van der Waals surface area contributed by atoms with Gasteiger partial charge in [0.1, 0.15) is 12.4 Å². The van der Waals surface area contributed by atoms with E-state index in [1.54, 1.807) is 24.5 Å². The lowest BCUT2D eigenvalue weighted by atomic mass is 10.2. The molecule has 0 spiro atoms. The van der Waals surface area contributed by atoms with Gasteiger partial charge in [-0.15, -0.1) is 0 Å². The highest BCUT2D eigenvalue weighted by molar-refractivity contribution is 6.06. The molecule has 1 aromatic heterocycles. The Hall–Kier alpha value is -3.25. The zero-order valence-corrected chi connectivity index (χ0v) is 15.4. The van der Waals surface area contributed by atoms with Crippen LogP contribution in [0.3, 0.4) is 0 Å². The van der Waals surface area contributed by atoms with Gasteiger partial charge in [0.25, 0.3) is 5.91 Å². The molecule has 0 bridgehead atoms. The van der Waals surface area contributed by atoms with Crippen LogP contribution in [-0.2, 0) is 4.74 Å². The van der Waals surface area contributed by atoms with Gasteiger partial charge in [-0.2, -0.15) is 0 Å². The average Bonchev–Trinajstić information content (AvgIpc) is 3.27. The third-order valence-electron chi connectivity index (χ3n) is 4.52. The highest BCUT2D eigenvalue weighted by Crippen LogP contribution is 2.22. The molecule has 1 aliphatic heterocycles. The van der Waals surface area contributed by atoms with E-state index in [1.165, 1.54) is 0 Å². The number of hydrogen-bond donors (Lipinski definition) is 1. The van der Waals surface area contributed by atoms with Crippen LogP contribution >= 0.6 is 0 Å². The molecule has 0 radical (unpaired) electrons. The Morgan fingerprint density at radius 1 is 1.07 bits per heavy atom. The quantitative estimate of drug-likeness (QED) is 0.706. The van der Waals surface area contributed by atoms with E-state index in [1.807, 2.05) is 42.5 Å². The van der Waals surface area contributed by atoms with Gasteiger partial charge in [-0.1, -0.05) is 42.5 Å². The Labute approximate surface area is 163 Å². The molecular formula is C22H21N3O3. The molecule has 1 amide bonds. The summed E-state index contributed by atoms with van der Waals surface area (Å²) in [6.07, 6.45) is 5.33. The van der Waals surface area contributed by atoms with Crippen LogP contribution in [0.15, 0.2) is 67.0 Å². The van der Waals surface area contributed by atoms with Gasteiger partial charge in [0.15, 0.2) is 5.82 Å². The normalized spacial score (nSPS) is 15.9. The first kappa shape index (κ1) is 18.1. The fourth-order valence-electron chi connectivity index (χ4n) is 3.07. The Morgan fingerprint density at radius 3 is 2.57 bits per heavy atom. The summed E-state index contributed by atoms with van der Waals surface area (Å²) < 4.78 is 11.4. The van der Waals surface area contributed by atoms with Crippen molar-refractivity contribution in [2.75, 3.05) is 18.5 Å². The van der Waals surface area contributed by atoms with Crippen molar-refractivity contribution in [2.45, 2.75) is 18.9 Å². The molecule has 2 heterocycles. The van der Waals surface area contributed by atoms with Gasteiger partial charge in [0.2, 0.25) is 0 Å². The van der Waals surface area contributed by atoms with E-state index in [0.29, 0.717) is 29.4 Å². The van der Waals surface area contributed by atoms with Gasteiger partial charge in [-0.25, -0.2) is 9.97 Å². The van der Waals surface area contributed by atoms with Crippen LogP contribution in [0.2, 0.25) is 0 Å². The molecule has 1 fully saturated rings. The number of aromatic nitrogens is 2. The first-order valence-electron chi connectivity index (χ1n) is 9.32. The fraction of sp³-hybridized carbons (Fsp3) is 0.227. The third kappa shape index (κ3) is 4.35. The van der Waals surface area contributed by atoms with Gasteiger partial charge in [0, 0.05) is 12.2 Å². The number of para-hydroxylation sites is 1. The maximum Gasteiger partial charge on any atom is 0.259 e.